The molecular weight excluding hydrogens is 292 g/mol. The van der Waals surface area contributed by atoms with Gasteiger partial charge in [-0.3, -0.25) is 14.6 Å². The Kier molecular flexibility index (Phi) is 4.52. The molecule has 1 amide bonds. The minimum Gasteiger partial charge on any atom is -0.334 e. The Morgan fingerprint density at radius 1 is 1.26 bits per heavy atom. The Balaban J connectivity index is 1.89. The van der Waals surface area contributed by atoms with Gasteiger partial charge in [0, 0.05) is 42.8 Å². The van der Waals surface area contributed by atoms with Gasteiger partial charge in [0.2, 0.25) is 0 Å². The summed E-state index contributed by atoms with van der Waals surface area (Å²) in [6, 6.07) is 6.99. The molecule has 1 aliphatic heterocycles. The molecule has 6 heteroatoms. The van der Waals surface area contributed by atoms with E-state index in [0.29, 0.717) is 18.8 Å². The standard InChI is InChI=1S/C17H20N4O2/c18-11-13-3-1-2-10-21(13)17(23)14-4-5-15(20-16(14)22)12-6-8-19-9-7-12/h4-9,13H,1-3,10-11,18H2,(H,20,22)/t13-/m0/s1. The number of pyridine rings is 2. The van der Waals surface area contributed by atoms with Gasteiger partial charge in [-0.25, -0.2) is 0 Å². The summed E-state index contributed by atoms with van der Waals surface area (Å²) in [6.45, 7) is 1.09. The third-order valence-corrected chi connectivity index (χ3v) is 4.29. The van der Waals surface area contributed by atoms with Crippen molar-refractivity contribution in [1.29, 1.82) is 0 Å². The van der Waals surface area contributed by atoms with Crippen LogP contribution in [0.5, 0.6) is 0 Å². The number of carbonyl (C=O) groups is 1. The Labute approximate surface area is 134 Å². The number of rotatable bonds is 3. The summed E-state index contributed by atoms with van der Waals surface area (Å²) in [5.41, 5.74) is 7.09. The summed E-state index contributed by atoms with van der Waals surface area (Å²) < 4.78 is 0. The van der Waals surface area contributed by atoms with Crippen LogP contribution >= 0.6 is 0 Å². The highest BCUT2D eigenvalue weighted by Crippen LogP contribution is 2.19. The van der Waals surface area contributed by atoms with Crippen molar-refractivity contribution in [3.8, 4) is 11.3 Å². The summed E-state index contributed by atoms with van der Waals surface area (Å²) in [4.78, 5) is 33.5. The van der Waals surface area contributed by atoms with Crippen molar-refractivity contribution >= 4 is 5.91 Å². The second-order valence-electron chi connectivity index (χ2n) is 5.73. The van der Waals surface area contributed by atoms with Gasteiger partial charge in [-0.15, -0.1) is 0 Å². The van der Waals surface area contributed by atoms with Crippen LogP contribution in [0.3, 0.4) is 0 Å². The molecule has 0 saturated carbocycles. The first-order valence-corrected chi connectivity index (χ1v) is 7.85. The maximum Gasteiger partial charge on any atom is 0.261 e. The van der Waals surface area contributed by atoms with Crippen LogP contribution in [0, 0.1) is 0 Å². The molecule has 1 fully saturated rings. The number of H-pyrrole nitrogens is 1. The van der Waals surface area contributed by atoms with Crippen molar-refractivity contribution in [2.75, 3.05) is 13.1 Å². The van der Waals surface area contributed by atoms with E-state index >= 15 is 0 Å². The van der Waals surface area contributed by atoms with E-state index in [9.17, 15) is 9.59 Å². The topological polar surface area (TPSA) is 92.1 Å². The van der Waals surface area contributed by atoms with E-state index in [-0.39, 0.29) is 23.1 Å². The van der Waals surface area contributed by atoms with Crippen LogP contribution in [0.4, 0.5) is 0 Å². The SMILES string of the molecule is NC[C@@H]1CCCCN1C(=O)c1ccc(-c2ccncc2)[nH]c1=O. The average molecular weight is 312 g/mol. The van der Waals surface area contributed by atoms with E-state index in [1.807, 2.05) is 12.1 Å². The average Bonchev–Trinajstić information content (AvgIpc) is 2.61. The van der Waals surface area contributed by atoms with Gasteiger partial charge in [0.1, 0.15) is 5.56 Å². The minimum atomic E-state index is -0.370. The fraction of sp³-hybridized carbons (Fsp3) is 0.353. The highest BCUT2D eigenvalue weighted by Gasteiger charge is 2.27. The van der Waals surface area contributed by atoms with Crippen LogP contribution in [-0.4, -0.2) is 39.9 Å². The van der Waals surface area contributed by atoms with Gasteiger partial charge in [-0.2, -0.15) is 0 Å². The summed E-state index contributed by atoms with van der Waals surface area (Å²) >= 11 is 0. The summed E-state index contributed by atoms with van der Waals surface area (Å²) in [6.07, 6.45) is 6.24. The molecule has 3 rings (SSSR count). The zero-order valence-corrected chi connectivity index (χ0v) is 12.9. The second kappa shape index (κ2) is 6.75. The van der Waals surface area contributed by atoms with Crippen LogP contribution in [0.2, 0.25) is 0 Å². The third kappa shape index (κ3) is 3.17. The van der Waals surface area contributed by atoms with Gasteiger partial charge < -0.3 is 15.6 Å². The Morgan fingerprint density at radius 3 is 2.74 bits per heavy atom. The number of nitrogens with one attached hydrogen (secondary N) is 1. The quantitative estimate of drug-likeness (QED) is 0.896. The highest BCUT2D eigenvalue weighted by atomic mass is 16.2. The number of likely N-dealkylation sites (tertiary alicyclic amines) is 1. The first-order valence-electron chi connectivity index (χ1n) is 7.85. The highest BCUT2D eigenvalue weighted by molar-refractivity contribution is 5.94. The molecule has 2 aromatic rings. The number of aromatic nitrogens is 2. The summed E-state index contributed by atoms with van der Waals surface area (Å²) in [7, 11) is 0. The number of nitrogens with zero attached hydrogens (tertiary/aromatic N) is 2. The lowest BCUT2D eigenvalue weighted by Crippen LogP contribution is -2.48. The van der Waals surface area contributed by atoms with Gasteiger partial charge in [0.15, 0.2) is 0 Å². The maximum absolute atomic E-state index is 12.7. The van der Waals surface area contributed by atoms with Gasteiger partial charge >= 0.3 is 0 Å². The number of nitrogens with two attached hydrogens (primary N) is 1. The van der Waals surface area contributed by atoms with Crippen molar-refractivity contribution in [3.63, 3.8) is 0 Å². The van der Waals surface area contributed by atoms with Crippen molar-refractivity contribution in [3.05, 3.63) is 52.6 Å². The summed E-state index contributed by atoms with van der Waals surface area (Å²) in [5.74, 6) is -0.234. The normalized spacial score (nSPS) is 18.0. The van der Waals surface area contributed by atoms with E-state index in [0.717, 1.165) is 24.8 Å². The molecule has 0 bridgehead atoms. The number of carbonyl (C=O) groups excluding carboxylic acids is 1. The fourth-order valence-electron chi connectivity index (χ4n) is 3.01. The number of piperidine rings is 1. The zero-order chi connectivity index (χ0) is 16.2. The van der Waals surface area contributed by atoms with Crippen molar-refractivity contribution in [2.24, 2.45) is 5.73 Å². The van der Waals surface area contributed by atoms with E-state index < -0.39 is 0 Å². The third-order valence-electron chi connectivity index (χ3n) is 4.29. The molecule has 23 heavy (non-hydrogen) atoms. The predicted molar refractivity (Wildman–Crippen MR) is 88.0 cm³/mol. The Hall–Kier alpha value is -2.47. The largest absolute Gasteiger partial charge is 0.334 e. The molecule has 120 valence electrons. The summed E-state index contributed by atoms with van der Waals surface area (Å²) in [5, 5.41) is 0. The molecule has 3 N–H and O–H groups in total. The van der Waals surface area contributed by atoms with Gasteiger partial charge in [0.25, 0.3) is 11.5 Å². The van der Waals surface area contributed by atoms with Crippen molar-refractivity contribution < 1.29 is 4.79 Å². The smallest absolute Gasteiger partial charge is 0.261 e. The molecule has 6 nitrogen and oxygen atoms in total. The first kappa shape index (κ1) is 15.4. The molecule has 0 aromatic carbocycles. The monoisotopic (exact) mass is 312 g/mol. The molecule has 0 radical (unpaired) electrons. The van der Waals surface area contributed by atoms with E-state index in [4.69, 9.17) is 5.73 Å². The van der Waals surface area contributed by atoms with Crippen molar-refractivity contribution in [2.45, 2.75) is 25.3 Å². The number of hydrogen-bond acceptors (Lipinski definition) is 4. The maximum atomic E-state index is 12.7. The van der Waals surface area contributed by atoms with Crippen LogP contribution in [0.1, 0.15) is 29.6 Å². The van der Waals surface area contributed by atoms with Gasteiger partial charge in [-0.05, 0) is 43.5 Å². The Bertz CT molecular complexity index is 742. The lowest BCUT2D eigenvalue weighted by Gasteiger charge is -2.34. The molecule has 0 unspecified atom stereocenters. The van der Waals surface area contributed by atoms with Gasteiger partial charge in [-0.1, -0.05) is 0 Å². The number of hydrogen-bond donors (Lipinski definition) is 2. The van der Waals surface area contributed by atoms with E-state index in [1.54, 1.807) is 29.4 Å². The fourth-order valence-corrected chi connectivity index (χ4v) is 3.01. The predicted octanol–water partition coefficient (Wildman–Crippen LogP) is 1.39. The number of amides is 1. The molecule has 3 heterocycles. The molecule has 1 saturated heterocycles. The van der Waals surface area contributed by atoms with E-state index in [2.05, 4.69) is 9.97 Å². The van der Waals surface area contributed by atoms with Crippen LogP contribution in [0.25, 0.3) is 11.3 Å². The van der Waals surface area contributed by atoms with Crippen LogP contribution in [-0.2, 0) is 0 Å². The lowest BCUT2D eigenvalue weighted by atomic mass is 10.0. The van der Waals surface area contributed by atoms with Crippen LogP contribution in [0.15, 0.2) is 41.5 Å². The zero-order valence-electron chi connectivity index (χ0n) is 12.9. The van der Waals surface area contributed by atoms with Crippen LogP contribution < -0.4 is 11.3 Å². The first-order chi connectivity index (χ1) is 11.2. The van der Waals surface area contributed by atoms with Crippen molar-refractivity contribution in [1.82, 2.24) is 14.9 Å². The molecule has 2 aromatic heterocycles. The molecule has 0 aliphatic carbocycles. The molecule has 0 spiro atoms. The Morgan fingerprint density at radius 2 is 2.04 bits per heavy atom. The molecule has 1 atom stereocenters. The lowest BCUT2D eigenvalue weighted by molar-refractivity contribution is 0.0621. The van der Waals surface area contributed by atoms with Gasteiger partial charge in [0.05, 0.1) is 0 Å². The number of aromatic amines is 1. The minimum absolute atomic E-state index is 0.0236. The molecule has 1 aliphatic rings. The second-order valence-corrected chi connectivity index (χ2v) is 5.73. The van der Waals surface area contributed by atoms with E-state index in [1.165, 1.54) is 0 Å². The molecular formula is C17H20N4O2.